The van der Waals surface area contributed by atoms with Gasteiger partial charge in [-0.15, -0.1) is 0 Å². The third-order valence-corrected chi connectivity index (χ3v) is 3.00. The molecule has 0 aliphatic rings. The number of aromatic nitrogens is 3. The molecule has 0 aromatic carbocycles. The van der Waals surface area contributed by atoms with Crippen LogP contribution in [0.1, 0.15) is 37.7 Å². The van der Waals surface area contributed by atoms with Crippen LogP contribution in [0.4, 0.5) is 0 Å². The van der Waals surface area contributed by atoms with Crippen molar-refractivity contribution in [3.63, 3.8) is 0 Å². The zero-order valence-electron chi connectivity index (χ0n) is 12.0. The topological polar surface area (TPSA) is 82.4 Å². The zero-order chi connectivity index (χ0) is 14.9. The molecule has 0 radical (unpaired) electrons. The Kier molecular flexibility index (Phi) is 3.41. The second kappa shape index (κ2) is 4.89. The van der Waals surface area contributed by atoms with Crippen LogP contribution >= 0.6 is 0 Å². The van der Waals surface area contributed by atoms with Crippen molar-refractivity contribution >= 4 is 0 Å². The third-order valence-electron chi connectivity index (χ3n) is 3.00. The summed E-state index contributed by atoms with van der Waals surface area (Å²) in [6, 6.07) is 3.73. The first kappa shape index (κ1) is 13.9. The van der Waals surface area contributed by atoms with Crippen LogP contribution in [0.15, 0.2) is 23.3 Å². The molecule has 2 heterocycles. The van der Waals surface area contributed by atoms with Crippen molar-refractivity contribution in [2.75, 3.05) is 0 Å². The molecule has 0 bridgehead atoms. The molecule has 2 aromatic heterocycles. The molecule has 0 aliphatic heterocycles. The fourth-order valence-corrected chi connectivity index (χ4v) is 1.80. The molecule has 0 atom stereocenters. The molecule has 0 spiro atoms. The Morgan fingerprint density at radius 2 is 2.00 bits per heavy atom. The van der Waals surface area contributed by atoms with Crippen LogP contribution in [-0.2, 0) is 5.41 Å². The van der Waals surface area contributed by atoms with Gasteiger partial charge >= 0.3 is 0 Å². The summed E-state index contributed by atoms with van der Waals surface area (Å²) < 4.78 is 0. The van der Waals surface area contributed by atoms with Gasteiger partial charge in [-0.05, 0) is 13.0 Å². The van der Waals surface area contributed by atoms with Crippen LogP contribution < -0.4 is 5.56 Å². The largest absolute Gasteiger partial charge is 0.310 e. The lowest BCUT2D eigenvalue weighted by atomic mass is 9.95. The summed E-state index contributed by atoms with van der Waals surface area (Å²) in [6.07, 6.45) is 3.10. The summed E-state index contributed by atoms with van der Waals surface area (Å²) in [4.78, 5) is 23.4. The summed E-state index contributed by atoms with van der Waals surface area (Å²) in [5, 5.41) is 8.94. The highest BCUT2D eigenvalue weighted by Gasteiger charge is 2.20. The maximum atomic E-state index is 12.1. The van der Waals surface area contributed by atoms with Gasteiger partial charge in [0.05, 0.1) is 11.3 Å². The Bertz CT molecular complexity index is 748. The lowest BCUT2D eigenvalue weighted by Crippen LogP contribution is -2.24. The molecular weight excluding hydrogens is 252 g/mol. The molecule has 2 rings (SSSR count). The maximum Gasteiger partial charge on any atom is 0.254 e. The summed E-state index contributed by atoms with van der Waals surface area (Å²) in [7, 11) is 0. The number of nitrogens with zero attached hydrogens (tertiary/aromatic N) is 3. The molecular formula is C15H16N4O. The fourth-order valence-electron chi connectivity index (χ4n) is 1.80. The Morgan fingerprint density at radius 1 is 1.30 bits per heavy atom. The summed E-state index contributed by atoms with van der Waals surface area (Å²) in [5.74, 6) is 0.616. The van der Waals surface area contributed by atoms with E-state index in [1.165, 1.54) is 6.20 Å². The summed E-state index contributed by atoms with van der Waals surface area (Å²) in [5.41, 5.74) is 1.79. The van der Waals surface area contributed by atoms with Gasteiger partial charge in [0.1, 0.15) is 11.9 Å². The molecule has 0 amide bonds. The van der Waals surface area contributed by atoms with Crippen LogP contribution in [-0.4, -0.2) is 15.0 Å². The average molecular weight is 268 g/mol. The van der Waals surface area contributed by atoms with Crippen LogP contribution in [0.25, 0.3) is 11.3 Å². The smallest absolute Gasteiger partial charge is 0.254 e. The lowest BCUT2D eigenvalue weighted by Gasteiger charge is -2.18. The highest BCUT2D eigenvalue weighted by molar-refractivity contribution is 5.63. The first-order valence-electron chi connectivity index (χ1n) is 6.30. The number of pyridine rings is 1. The molecule has 2 aromatic rings. The minimum absolute atomic E-state index is 0.165. The van der Waals surface area contributed by atoms with Gasteiger partial charge in [0.15, 0.2) is 0 Å². The number of rotatable bonds is 1. The molecule has 0 unspecified atom stereocenters. The molecule has 5 heteroatoms. The van der Waals surface area contributed by atoms with Gasteiger partial charge in [-0.3, -0.25) is 9.78 Å². The van der Waals surface area contributed by atoms with Gasteiger partial charge in [-0.25, -0.2) is 4.98 Å². The molecule has 0 saturated carbocycles. The Hall–Kier alpha value is -2.48. The molecule has 0 fully saturated rings. The number of hydrogen-bond acceptors (Lipinski definition) is 4. The van der Waals surface area contributed by atoms with Gasteiger partial charge in [-0.1, -0.05) is 20.8 Å². The number of aromatic amines is 1. The van der Waals surface area contributed by atoms with Gasteiger partial charge in [0.25, 0.3) is 5.56 Å². The van der Waals surface area contributed by atoms with Crippen LogP contribution in [0.5, 0.6) is 0 Å². The molecule has 0 aliphatic carbocycles. The van der Waals surface area contributed by atoms with E-state index in [1.807, 2.05) is 26.8 Å². The van der Waals surface area contributed by atoms with Crippen molar-refractivity contribution in [2.24, 2.45) is 0 Å². The van der Waals surface area contributed by atoms with Gasteiger partial charge in [0.2, 0.25) is 0 Å². The number of hydrogen-bond donors (Lipinski definition) is 1. The minimum atomic E-state index is -0.262. The van der Waals surface area contributed by atoms with E-state index in [2.05, 4.69) is 15.0 Å². The average Bonchev–Trinajstić information content (AvgIpc) is 2.40. The molecule has 5 nitrogen and oxygen atoms in total. The minimum Gasteiger partial charge on any atom is -0.310 e. The molecule has 102 valence electrons. The monoisotopic (exact) mass is 268 g/mol. The standard InChI is InChI=1S/C15H16N4O/c1-9-12(11-5-10(6-16)7-17-8-11)18-14(15(2,3)4)19-13(9)20/h5,7-8H,1-4H3,(H,18,19,20). The first-order valence-corrected chi connectivity index (χ1v) is 6.30. The van der Waals surface area contributed by atoms with Gasteiger partial charge in [0, 0.05) is 28.9 Å². The van der Waals surface area contributed by atoms with Crippen molar-refractivity contribution < 1.29 is 0 Å². The van der Waals surface area contributed by atoms with E-state index < -0.39 is 0 Å². The maximum absolute atomic E-state index is 12.1. The van der Waals surface area contributed by atoms with Gasteiger partial charge < -0.3 is 4.98 Å². The van der Waals surface area contributed by atoms with Crippen LogP contribution in [0.3, 0.4) is 0 Å². The Morgan fingerprint density at radius 3 is 2.60 bits per heavy atom. The number of nitriles is 1. The predicted octanol–water partition coefficient (Wildman–Crippen LogP) is 2.31. The highest BCUT2D eigenvalue weighted by atomic mass is 16.1. The zero-order valence-corrected chi connectivity index (χ0v) is 12.0. The molecule has 20 heavy (non-hydrogen) atoms. The van der Waals surface area contributed by atoms with E-state index in [-0.39, 0.29) is 11.0 Å². The van der Waals surface area contributed by atoms with E-state index in [1.54, 1.807) is 19.2 Å². The molecule has 1 N–H and O–H groups in total. The Balaban J connectivity index is 2.70. The normalized spacial score (nSPS) is 11.2. The predicted molar refractivity (Wildman–Crippen MR) is 76.2 cm³/mol. The molecule has 0 saturated heterocycles. The summed E-state index contributed by atoms with van der Waals surface area (Å²) >= 11 is 0. The van der Waals surface area contributed by atoms with Gasteiger partial charge in [-0.2, -0.15) is 5.26 Å². The SMILES string of the molecule is Cc1c(-c2cncc(C#N)c2)nc(C(C)(C)C)[nH]c1=O. The van der Waals surface area contributed by atoms with E-state index in [4.69, 9.17) is 5.26 Å². The Labute approximate surface area is 117 Å². The van der Waals surface area contributed by atoms with E-state index in [0.29, 0.717) is 28.2 Å². The highest BCUT2D eigenvalue weighted by Crippen LogP contribution is 2.23. The van der Waals surface area contributed by atoms with E-state index in [0.717, 1.165) is 0 Å². The van der Waals surface area contributed by atoms with E-state index in [9.17, 15) is 4.79 Å². The third kappa shape index (κ3) is 2.59. The van der Waals surface area contributed by atoms with Crippen molar-refractivity contribution in [2.45, 2.75) is 33.1 Å². The first-order chi connectivity index (χ1) is 9.32. The lowest BCUT2D eigenvalue weighted by molar-refractivity contribution is 0.542. The second-order valence-corrected chi connectivity index (χ2v) is 5.71. The van der Waals surface area contributed by atoms with Crippen molar-refractivity contribution in [3.05, 3.63) is 45.8 Å². The van der Waals surface area contributed by atoms with Crippen molar-refractivity contribution in [3.8, 4) is 17.3 Å². The van der Waals surface area contributed by atoms with Crippen LogP contribution in [0, 0.1) is 18.3 Å². The quantitative estimate of drug-likeness (QED) is 0.860. The van der Waals surface area contributed by atoms with Crippen molar-refractivity contribution in [1.29, 1.82) is 5.26 Å². The number of nitrogens with one attached hydrogen (secondary N) is 1. The second-order valence-electron chi connectivity index (χ2n) is 5.71. The number of H-pyrrole nitrogens is 1. The van der Waals surface area contributed by atoms with E-state index >= 15 is 0 Å². The summed E-state index contributed by atoms with van der Waals surface area (Å²) in [6.45, 7) is 7.66. The van der Waals surface area contributed by atoms with Crippen molar-refractivity contribution in [1.82, 2.24) is 15.0 Å². The fraction of sp³-hybridized carbons (Fsp3) is 0.333. The van der Waals surface area contributed by atoms with Crippen LogP contribution in [0.2, 0.25) is 0 Å².